The average molecular weight is 266 g/mol. The second-order valence-electron chi connectivity index (χ2n) is 3.95. The molecule has 6 heteroatoms. The maximum atomic E-state index is 11.6. The number of ether oxygens (including phenoxy) is 1. The van der Waals surface area contributed by atoms with Gasteiger partial charge in [-0.15, -0.1) is 0 Å². The number of nitrogens with one attached hydrogen (secondary N) is 2. The van der Waals surface area contributed by atoms with Crippen LogP contribution in [0.2, 0.25) is 0 Å². The topological polar surface area (TPSA) is 87.7 Å². The molecule has 0 spiro atoms. The van der Waals surface area contributed by atoms with Gasteiger partial charge in [-0.05, 0) is 24.1 Å². The van der Waals surface area contributed by atoms with Crippen LogP contribution in [0.25, 0.3) is 0 Å². The van der Waals surface area contributed by atoms with Crippen molar-refractivity contribution in [2.75, 3.05) is 19.0 Å². The van der Waals surface area contributed by atoms with E-state index >= 15 is 0 Å². The highest BCUT2D eigenvalue weighted by atomic mass is 16.5. The number of carbonyl (C=O) groups excluding carboxylic acids is 1. The molecule has 1 aromatic rings. The fourth-order valence-electron chi connectivity index (χ4n) is 1.50. The van der Waals surface area contributed by atoms with Gasteiger partial charge >= 0.3 is 12.0 Å². The Morgan fingerprint density at radius 3 is 2.74 bits per heavy atom. The van der Waals surface area contributed by atoms with Gasteiger partial charge in [-0.1, -0.05) is 19.1 Å². The minimum Gasteiger partial charge on any atom is -0.479 e. The van der Waals surface area contributed by atoms with Crippen LogP contribution in [0.15, 0.2) is 24.3 Å². The Morgan fingerprint density at radius 2 is 2.16 bits per heavy atom. The standard InChI is InChI=1S/C13H18N2O4/c1-3-9-5-4-6-10(7-9)15-13(18)14-8-11(19-2)12(16)17/h4-7,11H,3,8H2,1-2H3,(H,16,17)(H2,14,15,18). The number of hydrogen-bond donors (Lipinski definition) is 3. The molecule has 0 heterocycles. The maximum absolute atomic E-state index is 11.6. The van der Waals surface area contributed by atoms with E-state index in [9.17, 15) is 9.59 Å². The molecule has 0 fully saturated rings. The van der Waals surface area contributed by atoms with Gasteiger partial charge in [-0.25, -0.2) is 9.59 Å². The summed E-state index contributed by atoms with van der Waals surface area (Å²) in [4.78, 5) is 22.3. The van der Waals surface area contributed by atoms with Crippen LogP contribution in [-0.4, -0.2) is 36.9 Å². The molecule has 19 heavy (non-hydrogen) atoms. The monoisotopic (exact) mass is 266 g/mol. The fraction of sp³-hybridized carbons (Fsp3) is 0.385. The number of anilines is 1. The predicted octanol–water partition coefficient (Wildman–Crippen LogP) is 1.47. The van der Waals surface area contributed by atoms with Gasteiger partial charge in [0.15, 0.2) is 6.10 Å². The Bertz CT molecular complexity index is 448. The molecule has 0 aromatic heterocycles. The SMILES string of the molecule is CCc1cccc(NC(=O)NCC(OC)C(=O)O)c1. The van der Waals surface area contributed by atoms with Crippen LogP contribution in [-0.2, 0) is 16.0 Å². The van der Waals surface area contributed by atoms with Gasteiger partial charge in [-0.2, -0.15) is 0 Å². The molecule has 6 nitrogen and oxygen atoms in total. The van der Waals surface area contributed by atoms with Crippen LogP contribution in [0.4, 0.5) is 10.5 Å². The minimum absolute atomic E-state index is 0.0921. The fourth-order valence-corrected chi connectivity index (χ4v) is 1.50. The third-order valence-electron chi connectivity index (χ3n) is 2.60. The van der Waals surface area contributed by atoms with Crippen LogP contribution in [0.3, 0.4) is 0 Å². The molecule has 0 bridgehead atoms. The zero-order chi connectivity index (χ0) is 14.3. The number of carboxylic acid groups (broad SMARTS) is 1. The molecule has 0 aliphatic carbocycles. The molecule has 0 saturated carbocycles. The summed E-state index contributed by atoms with van der Waals surface area (Å²) in [6, 6.07) is 6.99. The van der Waals surface area contributed by atoms with Crippen molar-refractivity contribution in [3.8, 4) is 0 Å². The zero-order valence-corrected chi connectivity index (χ0v) is 11.0. The molecule has 1 unspecified atom stereocenters. The lowest BCUT2D eigenvalue weighted by Gasteiger charge is -2.12. The Balaban J connectivity index is 2.48. The average Bonchev–Trinajstić information content (AvgIpc) is 2.39. The van der Waals surface area contributed by atoms with Gasteiger partial charge in [0.25, 0.3) is 0 Å². The van der Waals surface area contributed by atoms with Crippen molar-refractivity contribution in [1.29, 1.82) is 0 Å². The van der Waals surface area contributed by atoms with E-state index in [4.69, 9.17) is 9.84 Å². The minimum atomic E-state index is -1.12. The van der Waals surface area contributed by atoms with Crippen LogP contribution >= 0.6 is 0 Å². The van der Waals surface area contributed by atoms with Crippen LogP contribution in [0.5, 0.6) is 0 Å². The molecular formula is C13H18N2O4. The number of carbonyl (C=O) groups is 2. The van der Waals surface area contributed by atoms with Gasteiger partial charge in [-0.3, -0.25) is 0 Å². The summed E-state index contributed by atoms with van der Waals surface area (Å²) in [6.45, 7) is 1.93. The van der Waals surface area contributed by atoms with Crippen molar-refractivity contribution < 1.29 is 19.4 Å². The van der Waals surface area contributed by atoms with Crippen molar-refractivity contribution in [1.82, 2.24) is 5.32 Å². The summed E-state index contributed by atoms with van der Waals surface area (Å²) in [6.07, 6.45) is -0.172. The summed E-state index contributed by atoms with van der Waals surface area (Å²) >= 11 is 0. The van der Waals surface area contributed by atoms with Crippen molar-refractivity contribution >= 4 is 17.7 Å². The van der Waals surface area contributed by atoms with E-state index in [1.54, 1.807) is 6.07 Å². The smallest absolute Gasteiger partial charge is 0.334 e. The maximum Gasteiger partial charge on any atom is 0.334 e. The summed E-state index contributed by atoms with van der Waals surface area (Å²) in [5.74, 6) is -1.12. The molecule has 0 radical (unpaired) electrons. The molecule has 0 aliphatic rings. The number of rotatable bonds is 6. The van der Waals surface area contributed by atoms with Crippen molar-refractivity contribution in [3.63, 3.8) is 0 Å². The third-order valence-corrected chi connectivity index (χ3v) is 2.60. The lowest BCUT2D eigenvalue weighted by Crippen LogP contribution is -2.39. The molecule has 0 saturated heterocycles. The Morgan fingerprint density at radius 1 is 1.42 bits per heavy atom. The Labute approximate surface area is 111 Å². The molecular weight excluding hydrogens is 248 g/mol. The largest absolute Gasteiger partial charge is 0.479 e. The normalized spacial score (nSPS) is 11.7. The van der Waals surface area contributed by atoms with E-state index in [0.29, 0.717) is 5.69 Å². The number of aliphatic carboxylic acids is 1. The number of aryl methyl sites for hydroxylation is 1. The first-order valence-electron chi connectivity index (χ1n) is 5.96. The quantitative estimate of drug-likeness (QED) is 0.727. The van der Waals surface area contributed by atoms with Crippen molar-refractivity contribution in [2.24, 2.45) is 0 Å². The van der Waals surface area contributed by atoms with E-state index in [-0.39, 0.29) is 6.54 Å². The van der Waals surface area contributed by atoms with Crippen molar-refractivity contribution in [3.05, 3.63) is 29.8 Å². The number of amides is 2. The summed E-state index contributed by atoms with van der Waals surface area (Å²) < 4.78 is 4.71. The van der Waals surface area contributed by atoms with E-state index in [1.807, 2.05) is 25.1 Å². The number of benzene rings is 1. The predicted molar refractivity (Wildman–Crippen MR) is 71.3 cm³/mol. The Kier molecular flexibility index (Phi) is 5.81. The first-order chi connectivity index (χ1) is 9.06. The van der Waals surface area contributed by atoms with Gasteiger partial charge in [0.2, 0.25) is 0 Å². The number of carboxylic acids is 1. The molecule has 0 aliphatic heterocycles. The second-order valence-corrected chi connectivity index (χ2v) is 3.95. The highest BCUT2D eigenvalue weighted by molar-refractivity contribution is 5.89. The van der Waals surface area contributed by atoms with E-state index in [2.05, 4.69) is 10.6 Å². The van der Waals surface area contributed by atoms with E-state index in [0.717, 1.165) is 12.0 Å². The molecule has 1 rings (SSSR count). The lowest BCUT2D eigenvalue weighted by atomic mass is 10.1. The lowest BCUT2D eigenvalue weighted by molar-refractivity contribution is -0.147. The van der Waals surface area contributed by atoms with Crippen LogP contribution in [0, 0.1) is 0 Å². The molecule has 104 valence electrons. The van der Waals surface area contributed by atoms with Gasteiger partial charge in [0, 0.05) is 12.8 Å². The van der Waals surface area contributed by atoms with Gasteiger partial charge in [0.1, 0.15) is 0 Å². The summed E-state index contributed by atoms with van der Waals surface area (Å²) in [5, 5.41) is 13.8. The first kappa shape index (κ1) is 15.0. The van der Waals surface area contributed by atoms with Crippen LogP contribution < -0.4 is 10.6 Å². The van der Waals surface area contributed by atoms with Gasteiger partial charge in [0.05, 0.1) is 6.54 Å². The number of urea groups is 1. The first-order valence-corrected chi connectivity index (χ1v) is 5.96. The number of hydrogen-bond acceptors (Lipinski definition) is 3. The molecule has 1 atom stereocenters. The highest BCUT2D eigenvalue weighted by Gasteiger charge is 2.16. The van der Waals surface area contributed by atoms with Gasteiger partial charge < -0.3 is 20.5 Å². The van der Waals surface area contributed by atoms with Crippen LogP contribution in [0.1, 0.15) is 12.5 Å². The second kappa shape index (κ2) is 7.38. The molecule has 1 aromatic carbocycles. The Hall–Kier alpha value is -2.08. The summed E-state index contributed by atoms with van der Waals surface area (Å²) in [5.41, 5.74) is 1.78. The summed E-state index contributed by atoms with van der Waals surface area (Å²) in [7, 11) is 1.28. The van der Waals surface area contributed by atoms with E-state index in [1.165, 1.54) is 7.11 Å². The van der Waals surface area contributed by atoms with E-state index < -0.39 is 18.1 Å². The zero-order valence-electron chi connectivity index (χ0n) is 11.0. The number of methoxy groups -OCH3 is 1. The van der Waals surface area contributed by atoms with Crippen molar-refractivity contribution in [2.45, 2.75) is 19.4 Å². The molecule has 2 amide bonds. The third kappa shape index (κ3) is 4.97. The highest BCUT2D eigenvalue weighted by Crippen LogP contribution is 2.10. The molecule has 3 N–H and O–H groups in total.